The summed E-state index contributed by atoms with van der Waals surface area (Å²) >= 11 is 0. The van der Waals surface area contributed by atoms with E-state index in [9.17, 15) is 4.79 Å². The van der Waals surface area contributed by atoms with E-state index in [1.807, 2.05) is 31.2 Å². The van der Waals surface area contributed by atoms with Crippen LogP contribution in [0.2, 0.25) is 0 Å². The monoisotopic (exact) mass is 186 g/mol. The van der Waals surface area contributed by atoms with E-state index in [2.05, 4.69) is 10.2 Å². The van der Waals surface area contributed by atoms with Gasteiger partial charge in [-0.25, -0.2) is 5.10 Å². The van der Waals surface area contributed by atoms with Crippen LogP contribution >= 0.6 is 0 Å². The van der Waals surface area contributed by atoms with Crippen molar-refractivity contribution in [3.05, 3.63) is 52.4 Å². The average molecular weight is 186 g/mol. The van der Waals surface area contributed by atoms with Gasteiger partial charge in [-0.05, 0) is 12.5 Å². The van der Waals surface area contributed by atoms with Crippen LogP contribution in [-0.2, 0) is 0 Å². The summed E-state index contributed by atoms with van der Waals surface area (Å²) in [5.74, 6) is 0. The Labute approximate surface area is 81.4 Å². The summed E-state index contributed by atoms with van der Waals surface area (Å²) < 4.78 is 0. The van der Waals surface area contributed by atoms with Crippen LogP contribution in [-0.4, -0.2) is 10.2 Å². The lowest BCUT2D eigenvalue weighted by Crippen LogP contribution is -2.05. The van der Waals surface area contributed by atoms with Crippen molar-refractivity contribution in [2.75, 3.05) is 0 Å². The minimum Gasteiger partial charge on any atom is -0.268 e. The lowest BCUT2D eigenvalue weighted by atomic mass is 10.1. The van der Waals surface area contributed by atoms with Gasteiger partial charge in [-0.3, -0.25) is 4.79 Å². The SMILES string of the molecule is Cc1cccc(-c2cn[nH]c(=O)c2)c1. The van der Waals surface area contributed by atoms with Gasteiger partial charge in [0.2, 0.25) is 0 Å². The first-order chi connectivity index (χ1) is 6.75. The summed E-state index contributed by atoms with van der Waals surface area (Å²) in [6, 6.07) is 9.51. The number of nitrogens with one attached hydrogen (secondary N) is 1. The summed E-state index contributed by atoms with van der Waals surface area (Å²) in [4.78, 5) is 11.0. The predicted octanol–water partition coefficient (Wildman–Crippen LogP) is 1.75. The van der Waals surface area contributed by atoms with E-state index in [-0.39, 0.29) is 5.56 Å². The van der Waals surface area contributed by atoms with Crippen molar-refractivity contribution >= 4 is 0 Å². The standard InChI is InChI=1S/C11H10N2O/c1-8-3-2-4-9(5-8)10-6-11(14)13-12-7-10/h2-7H,1H3,(H,13,14). The Morgan fingerprint density at radius 2 is 2.07 bits per heavy atom. The number of aromatic nitrogens is 2. The lowest BCUT2D eigenvalue weighted by molar-refractivity contribution is 0.991. The number of rotatable bonds is 1. The Bertz CT molecular complexity index is 502. The van der Waals surface area contributed by atoms with Gasteiger partial charge in [-0.15, -0.1) is 0 Å². The molecule has 14 heavy (non-hydrogen) atoms. The number of aryl methyl sites for hydroxylation is 1. The van der Waals surface area contributed by atoms with Gasteiger partial charge in [0.1, 0.15) is 0 Å². The maximum Gasteiger partial charge on any atom is 0.264 e. The molecule has 70 valence electrons. The van der Waals surface area contributed by atoms with Crippen LogP contribution < -0.4 is 5.56 Å². The van der Waals surface area contributed by atoms with Crippen LogP contribution in [0, 0.1) is 6.92 Å². The molecule has 2 aromatic rings. The molecule has 0 aliphatic rings. The van der Waals surface area contributed by atoms with Crippen molar-refractivity contribution in [2.45, 2.75) is 6.92 Å². The second-order valence-corrected chi connectivity index (χ2v) is 3.20. The van der Waals surface area contributed by atoms with Crippen LogP contribution in [0.25, 0.3) is 11.1 Å². The highest BCUT2D eigenvalue weighted by Crippen LogP contribution is 2.16. The minimum atomic E-state index is -0.177. The predicted molar refractivity (Wildman–Crippen MR) is 55.0 cm³/mol. The van der Waals surface area contributed by atoms with E-state index in [4.69, 9.17) is 0 Å². The molecule has 3 nitrogen and oxygen atoms in total. The molecule has 1 N–H and O–H groups in total. The zero-order valence-corrected chi connectivity index (χ0v) is 7.82. The largest absolute Gasteiger partial charge is 0.268 e. The van der Waals surface area contributed by atoms with Crippen molar-refractivity contribution < 1.29 is 0 Å². The van der Waals surface area contributed by atoms with Crippen LogP contribution in [0.3, 0.4) is 0 Å². The molecule has 1 aromatic carbocycles. The van der Waals surface area contributed by atoms with Crippen LogP contribution in [0.5, 0.6) is 0 Å². The Balaban J connectivity index is 2.55. The fourth-order valence-corrected chi connectivity index (χ4v) is 1.36. The third kappa shape index (κ3) is 1.71. The average Bonchev–Trinajstić information content (AvgIpc) is 2.18. The first-order valence-electron chi connectivity index (χ1n) is 4.37. The highest BCUT2D eigenvalue weighted by Gasteiger charge is 1.98. The molecule has 0 spiro atoms. The Kier molecular flexibility index (Phi) is 2.14. The van der Waals surface area contributed by atoms with E-state index in [0.717, 1.165) is 11.1 Å². The lowest BCUT2D eigenvalue weighted by Gasteiger charge is -2.00. The van der Waals surface area contributed by atoms with E-state index >= 15 is 0 Å². The molecule has 0 fully saturated rings. The van der Waals surface area contributed by atoms with Gasteiger partial charge in [0, 0.05) is 11.6 Å². The van der Waals surface area contributed by atoms with Crippen LogP contribution in [0.4, 0.5) is 0 Å². The molecule has 1 heterocycles. The van der Waals surface area contributed by atoms with E-state index in [1.165, 1.54) is 5.56 Å². The van der Waals surface area contributed by atoms with Gasteiger partial charge in [0.05, 0.1) is 6.20 Å². The summed E-state index contributed by atoms with van der Waals surface area (Å²) in [5, 5.41) is 6.10. The molecule has 0 saturated carbocycles. The molecule has 0 atom stereocenters. The normalized spacial score (nSPS) is 10.1. The van der Waals surface area contributed by atoms with Crippen LogP contribution in [0.15, 0.2) is 41.3 Å². The number of benzene rings is 1. The van der Waals surface area contributed by atoms with Gasteiger partial charge >= 0.3 is 0 Å². The van der Waals surface area contributed by atoms with Crippen LogP contribution in [0.1, 0.15) is 5.56 Å². The fourth-order valence-electron chi connectivity index (χ4n) is 1.36. The molecule has 0 amide bonds. The molecule has 0 radical (unpaired) electrons. The summed E-state index contributed by atoms with van der Waals surface area (Å²) in [6.07, 6.45) is 1.65. The summed E-state index contributed by atoms with van der Waals surface area (Å²) in [7, 11) is 0. The maximum atomic E-state index is 11.0. The third-order valence-electron chi connectivity index (χ3n) is 2.02. The Hall–Kier alpha value is -1.90. The van der Waals surface area contributed by atoms with E-state index < -0.39 is 0 Å². The molecule has 1 aromatic heterocycles. The van der Waals surface area contributed by atoms with E-state index in [1.54, 1.807) is 12.3 Å². The third-order valence-corrected chi connectivity index (χ3v) is 2.02. The summed E-state index contributed by atoms with van der Waals surface area (Å²) in [6.45, 7) is 2.02. The van der Waals surface area contributed by atoms with Crippen molar-refractivity contribution in [1.82, 2.24) is 10.2 Å². The Morgan fingerprint density at radius 3 is 2.79 bits per heavy atom. The quantitative estimate of drug-likeness (QED) is 0.737. The van der Waals surface area contributed by atoms with Crippen molar-refractivity contribution in [1.29, 1.82) is 0 Å². The van der Waals surface area contributed by atoms with Gasteiger partial charge in [0.15, 0.2) is 0 Å². The van der Waals surface area contributed by atoms with Crippen molar-refractivity contribution in [3.8, 4) is 11.1 Å². The second kappa shape index (κ2) is 3.46. The highest BCUT2D eigenvalue weighted by molar-refractivity contribution is 5.62. The zero-order valence-electron chi connectivity index (χ0n) is 7.82. The number of hydrogen-bond acceptors (Lipinski definition) is 2. The Morgan fingerprint density at radius 1 is 1.21 bits per heavy atom. The molecular formula is C11H10N2O. The topological polar surface area (TPSA) is 45.8 Å². The first kappa shape index (κ1) is 8.69. The molecule has 3 heteroatoms. The molecule has 2 rings (SSSR count). The zero-order chi connectivity index (χ0) is 9.97. The minimum absolute atomic E-state index is 0.177. The van der Waals surface area contributed by atoms with Gasteiger partial charge < -0.3 is 0 Å². The number of aromatic amines is 1. The smallest absolute Gasteiger partial charge is 0.264 e. The van der Waals surface area contributed by atoms with Crippen molar-refractivity contribution in [2.24, 2.45) is 0 Å². The fraction of sp³-hybridized carbons (Fsp3) is 0.0909. The molecule has 0 aliphatic carbocycles. The van der Waals surface area contributed by atoms with Crippen molar-refractivity contribution in [3.63, 3.8) is 0 Å². The number of H-pyrrole nitrogens is 1. The highest BCUT2D eigenvalue weighted by atomic mass is 16.1. The number of hydrogen-bond donors (Lipinski definition) is 1. The van der Waals surface area contributed by atoms with Gasteiger partial charge in [-0.1, -0.05) is 29.8 Å². The molecule has 0 unspecified atom stereocenters. The molecule has 0 aliphatic heterocycles. The first-order valence-corrected chi connectivity index (χ1v) is 4.37. The molecular weight excluding hydrogens is 176 g/mol. The second-order valence-electron chi connectivity index (χ2n) is 3.20. The van der Waals surface area contributed by atoms with E-state index in [0.29, 0.717) is 0 Å². The summed E-state index contributed by atoms with van der Waals surface area (Å²) in [5.41, 5.74) is 2.85. The van der Waals surface area contributed by atoms with Gasteiger partial charge in [0.25, 0.3) is 5.56 Å². The maximum absolute atomic E-state index is 11.0. The molecule has 0 saturated heterocycles. The number of nitrogens with zero attached hydrogens (tertiary/aromatic N) is 1. The molecule has 0 bridgehead atoms. The van der Waals surface area contributed by atoms with Gasteiger partial charge in [-0.2, -0.15) is 5.10 Å².